The number of rotatable bonds is 50. The van der Waals surface area contributed by atoms with Gasteiger partial charge in [0.2, 0.25) is 0 Å². The van der Waals surface area contributed by atoms with Gasteiger partial charge in [-0.15, -0.1) is 0 Å². The van der Waals surface area contributed by atoms with Crippen molar-refractivity contribution in [2.45, 2.75) is 245 Å². The summed E-state index contributed by atoms with van der Waals surface area (Å²) in [4.78, 5) is 38.1. The first kappa shape index (κ1) is 66.6. The highest BCUT2D eigenvalue weighted by Crippen LogP contribution is 2.13. The summed E-state index contributed by atoms with van der Waals surface area (Å²) in [6.45, 7) is 6.37. The molecular formula is C65H104O6. The van der Waals surface area contributed by atoms with E-state index < -0.39 is 6.10 Å². The van der Waals surface area contributed by atoms with Crippen LogP contribution in [0.3, 0.4) is 0 Å². The quantitative estimate of drug-likeness (QED) is 0.0262. The largest absolute Gasteiger partial charge is 0.462 e. The van der Waals surface area contributed by atoms with Crippen LogP contribution in [0.4, 0.5) is 0 Å². The Bertz CT molecular complexity index is 1550. The topological polar surface area (TPSA) is 78.9 Å². The molecule has 0 heterocycles. The molecule has 6 nitrogen and oxygen atoms in total. The molecule has 0 aliphatic carbocycles. The Labute approximate surface area is 436 Å². The van der Waals surface area contributed by atoms with E-state index in [1.54, 1.807) is 0 Å². The van der Waals surface area contributed by atoms with Gasteiger partial charge in [-0.05, 0) is 128 Å². The van der Waals surface area contributed by atoms with Gasteiger partial charge in [0, 0.05) is 19.3 Å². The van der Waals surface area contributed by atoms with Crippen molar-refractivity contribution >= 4 is 17.9 Å². The molecular weight excluding hydrogens is 877 g/mol. The molecule has 71 heavy (non-hydrogen) atoms. The summed E-state index contributed by atoms with van der Waals surface area (Å²) in [6, 6.07) is 0. The van der Waals surface area contributed by atoms with Crippen molar-refractivity contribution in [3.8, 4) is 0 Å². The number of unbranched alkanes of at least 4 members (excludes halogenated alkanes) is 17. The molecule has 6 heteroatoms. The predicted octanol–water partition coefficient (Wildman–Crippen LogP) is 19.4. The Morgan fingerprint density at radius 1 is 0.296 bits per heavy atom. The smallest absolute Gasteiger partial charge is 0.306 e. The summed E-state index contributed by atoms with van der Waals surface area (Å²) in [5, 5.41) is 0. The fraction of sp³-hybridized carbons (Fsp3) is 0.615. The van der Waals surface area contributed by atoms with E-state index in [1.165, 1.54) is 96.3 Å². The van der Waals surface area contributed by atoms with Gasteiger partial charge in [-0.3, -0.25) is 14.4 Å². The van der Waals surface area contributed by atoms with Gasteiger partial charge in [-0.2, -0.15) is 0 Å². The zero-order chi connectivity index (χ0) is 51.4. The molecule has 0 aromatic heterocycles. The first-order chi connectivity index (χ1) is 35.0. The molecule has 0 bridgehead atoms. The predicted molar refractivity (Wildman–Crippen MR) is 306 cm³/mol. The maximum atomic E-state index is 12.8. The number of ether oxygens (including phenoxy) is 3. The second kappa shape index (κ2) is 58.1. The van der Waals surface area contributed by atoms with Crippen LogP contribution in [0.5, 0.6) is 0 Å². The lowest BCUT2D eigenvalue weighted by atomic mass is 10.1. The van der Waals surface area contributed by atoms with Gasteiger partial charge in [-0.25, -0.2) is 0 Å². The molecule has 0 radical (unpaired) electrons. The zero-order valence-corrected chi connectivity index (χ0v) is 45.7. The molecule has 0 amide bonds. The molecule has 0 fully saturated rings. The van der Waals surface area contributed by atoms with Crippen molar-refractivity contribution in [3.63, 3.8) is 0 Å². The minimum Gasteiger partial charge on any atom is -0.462 e. The highest BCUT2D eigenvalue weighted by atomic mass is 16.6. The maximum Gasteiger partial charge on any atom is 0.306 e. The highest BCUT2D eigenvalue weighted by Gasteiger charge is 2.19. The molecule has 0 aromatic rings. The van der Waals surface area contributed by atoms with Crippen molar-refractivity contribution in [3.05, 3.63) is 134 Å². The van der Waals surface area contributed by atoms with Gasteiger partial charge in [0.1, 0.15) is 13.2 Å². The van der Waals surface area contributed by atoms with Gasteiger partial charge in [0.15, 0.2) is 6.10 Å². The number of hydrogen-bond donors (Lipinski definition) is 0. The summed E-state index contributed by atoms with van der Waals surface area (Å²) < 4.78 is 16.8. The first-order valence-electron chi connectivity index (χ1n) is 28.7. The Morgan fingerprint density at radius 2 is 0.563 bits per heavy atom. The molecule has 0 aliphatic heterocycles. The van der Waals surface area contributed by atoms with Gasteiger partial charge >= 0.3 is 17.9 Å². The summed E-state index contributed by atoms with van der Waals surface area (Å²) in [6.07, 6.45) is 81.6. The summed E-state index contributed by atoms with van der Waals surface area (Å²) in [5.41, 5.74) is 0. The average molecular weight is 982 g/mol. The van der Waals surface area contributed by atoms with Crippen LogP contribution in [-0.4, -0.2) is 37.2 Å². The highest BCUT2D eigenvalue weighted by molar-refractivity contribution is 5.71. The average Bonchev–Trinajstić information content (AvgIpc) is 3.37. The van der Waals surface area contributed by atoms with Crippen LogP contribution in [-0.2, 0) is 28.6 Å². The summed E-state index contributed by atoms with van der Waals surface area (Å²) >= 11 is 0. The minimum absolute atomic E-state index is 0.124. The van der Waals surface area contributed by atoms with Crippen molar-refractivity contribution in [2.24, 2.45) is 0 Å². The molecule has 0 saturated carbocycles. The number of esters is 3. The van der Waals surface area contributed by atoms with Crippen molar-refractivity contribution < 1.29 is 28.6 Å². The van der Waals surface area contributed by atoms with E-state index in [9.17, 15) is 14.4 Å². The van der Waals surface area contributed by atoms with E-state index in [0.29, 0.717) is 19.3 Å². The van der Waals surface area contributed by atoms with Crippen molar-refractivity contribution in [1.29, 1.82) is 0 Å². The molecule has 0 aromatic carbocycles. The normalized spacial score (nSPS) is 13.1. The first-order valence-corrected chi connectivity index (χ1v) is 28.7. The van der Waals surface area contributed by atoms with E-state index in [2.05, 4.69) is 154 Å². The van der Waals surface area contributed by atoms with Crippen molar-refractivity contribution in [2.75, 3.05) is 13.2 Å². The maximum absolute atomic E-state index is 12.8. The molecule has 400 valence electrons. The molecule has 0 spiro atoms. The van der Waals surface area contributed by atoms with E-state index in [4.69, 9.17) is 14.2 Å². The van der Waals surface area contributed by atoms with Gasteiger partial charge in [0.05, 0.1) is 0 Å². The van der Waals surface area contributed by atoms with Gasteiger partial charge in [-0.1, -0.05) is 225 Å². The van der Waals surface area contributed by atoms with Crippen LogP contribution >= 0.6 is 0 Å². The van der Waals surface area contributed by atoms with Crippen molar-refractivity contribution in [1.82, 2.24) is 0 Å². The van der Waals surface area contributed by atoms with Crippen LogP contribution in [0.1, 0.15) is 239 Å². The third kappa shape index (κ3) is 56.3. The molecule has 0 saturated heterocycles. The Morgan fingerprint density at radius 3 is 0.915 bits per heavy atom. The number of allylic oxidation sites excluding steroid dienone is 22. The van der Waals surface area contributed by atoms with E-state index in [-0.39, 0.29) is 44.0 Å². The van der Waals surface area contributed by atoms with E-state index >= 15 is 0 Å². The standard InChI is InChI=1S/C65H104O6/c1-4-7-10-13-16-19-22-25-28-31-32-35-37-40-43-46-49-52-55-58-64(67)70-61-62(71-65(68)59-56-53-50-47-44-41-38-34-30-27-24-21-18-15-12-9-6-3)60-69-63(66)57-54-51-48-45-42-39-36-33-29-26-23-20-17-14-11-8-5-2/h8,11,16-21,25-30,36,38-39,41,45,47-48,50,62H,4-7,9-10,12-15,22-24,31-35,37,40,42-44,46,49,51-61H2,1-3H3/b11-8-,19-16-,20-17-,21-18-,28-25-,29-26-,30-27-,39-36-,41-38-,48-45-,50-47-/t62-/m1/s1. The zero-order valence-electron chi connectivity index (χ0n) is 45.7. The Hall–Kier alpha value is -4.45. The third-order valence-corrected chi connectivity index (χ3v) is 11.6. The van der Waals surface area contributed by atoms with Crippen LogP contribution in [0.2, 0.25) is 0 Å². The second-order valence-corrected chi connectivity index (χ2v) is 18.5. The molecule has 0 N–H and O–H groups in total. The molecule has 1 atom stereocenters. The molecule has 0 unspecified atom stereocenters. The summed E-state index contributed by atoms with van der Waals surface area (Å²) in [5.74, 6) is -1.05. The molecule has 0 aliphatic rings. The number of carbonyl (C=O) groups excluding carboxylic acids is 3. The van der Waals surface area contributed by atoms with Crippen LogP contribution in [0.15, 0.2) is 134 Å². The lowest BCUT2D eigenvalue weighted by molar-refractivity contribution is -0.167. The monoisotopic (exact) mass is 981 g/mol. The lowest BCUT2D eigenvalue weighted by Crippen LogP contribution is -2.30. The third-order valence-electron chi connectivity index (χ3n) is 11.6. The van der Waals surface area contributed by atoms with Crippen LogP contribution < -0.4 is 0 Å². The second-order valence-electron chi connectivity index (χ2n) is 18.5. The fourth-order valence-electron chi connectivity index (χ4n) is 7.32. The Kier molecular flexibility index (Phi) is 54.5. The van der Waals surface area contributed by atoms with E-state index in [1.807, 2.05) is 0 Å². The minimum atomic E-state index is -0.837. The van der Waals surface area contributed by atoms with E-state index in [0.717, 1.165) is 89.9 Å². The molecule has 0 rings (SSSR count). The fourth-order valence-corrected chi connectivity index (χ4v) is 7.32. The number of hydrogen-bond acceptors (Lipinski definition) is 6. The Balaban J connectivity index is 4.57. The number of carbonyl (C=O) groups is 3. The summed E-state index contributed by atoms with van der Waals surface area (Å²) in [7, 11) is 0. The van der Waals surface area contributed by atoms with Gasteiger partial charge in [0.25, 0.3) is 0 Å². The lowest BCUT2D eigenvalue weighted by Gasteiger charge is -2.18. The van der Waals surface area contributed by atoms with Crippen LogP contribution in [0, 0.1) is 0 Å². The SMILES string of the molecule is CC/C=C\C/C=C\C/C=C\C/C=C\C/C=C\CCCC(=O)OC[C@H](COC(=O)CCCCCCCCCCC/C=C\C/C=C\CCCCC)OC(=O)CCC/C=C\C/C=C\C/C=C\C/C=C\CCCCC. The van der Waals surface area contributed by atoms with Crippen LogP contribution in [0.25, 0.3) is 0 Å². The van der Waals surface area contributed by atoms with Gasteiger partial charge < -0.3 is 14.2 Å².